The number of hydrogen-bond acceptors (Lipinski definition) is 5. The normalized spacial score (nSPS) is 14.1. The number of para-hydroxylation sites is 1. The zero-order valence-electron chi connectivity index (χ0n) is 19.0. The largest absolute Gasteiger partial charge is 0.351 e. The number of fused-ring (bicyclic) bond motifs is 1. The maximum Gasteiger partial charge on any atom is 0.270 e. The maximum atomic E-state index is 12.9. The van der Waals surface area contributed by atoms with E-state index in [0.717, 1.165) is 10.9 Å². The second kappa shape index (κ2) is 10.1. The number of nitrogens with one attached hydrogen (secondary N) is 3. The first-order valence-corrected chi connectivity index (χ1v) is 12.3. The van der Waals surface area contributed by atoms with E-state index in [1.165, 1.54) is 11.3 Å². The molecule has 2 aromatic carbocycles. The van der Waals surface area contributed by atoms with Crippen LogP contribution in [0.1, 0.15) is 20.2 Å². The third-order valence-electron chi connectivity index (χ3n) is 5.96. The van der Waals surface area contributed by atoms with Crippen LogP contribution in [0.5, 0.6) is 0 Å². The lowest BCUT2D eigenvalue weighted by Crippen LogP contribution is -2.50. The standard InChI is InChI=1S/C26H25N5O3S/c32-24(27-19-7-9-20(10-8-19)28-25(33)23-6-3-15-35-23)17-30-11-13-31(14-12-30)26(34)22-16-18-4-1-2-5-21(18)29-22/h1-10,15-16,29H,11-14,17H2,(H,27,32)(H,28,33). The molecular formula is C26H25N5O3S. The molecule has 0 bridgehead atoms. The Balaban J connectivity index is 1.08. The van der Waals surface area contributed by atoms with Gasteiger partial charge in [-0.3, -0.25) is 19.3 Å². The SMILES string of the molecule is O=C(CN1CCN(C(=O)c2cc3ccccc3[nH]2)CC1)Nc1ccc(NC(=O)c2cccs2)cc1. The second-order valence-electron chi connectivity index (χ2n) is 8.40. The summed E-state index contributed by atoms with van der Waals surface area (Å²) in [5.74, 6) is -0.286. The van der Waals surface area contributed by atoms with Crippen LogP contribution in [-0.4, -0.2) is 65.2 Å². The van der Waals surface area contributed by atoms with Gasteiger partial charge < -0.3 is 20.5 Å². The highest BCUT2D eigenvalue weighted by atomic mass is 32.1. The Labute approximate surface area is 206 Å². The first-order chi connectivity index (χ1) is 17.0. The predicted molar refractivity (Wildman–Crippen MR) is 138 cm³/mol. The topological polar surface area (TPSA) is 97.5 Å². The molecule has 178 valence electrons. The molecule has 0 aliphatic carbocycles. The van der Waals surface area contributed by atoms with Crippen LogP contribution in [0.3, 0.4) is 0 Å². The van der Waals surface area contributed by atoms with Crippen LogP contribution < -0.4 is 10.6 Å². The summed E-state index contributed by atoms with van der Waals surface area (Å²) in [6.07, 6.45) is 0. The number of carbonyl (C=O) groups excluding carboxylic acids is 3. The van der Waals surface area contributed by atoms with Gasteiger partial charge in [-0.25, -0.2) is 0 Å². The predicted octanol–water partition coefficient (Wildman–Crippen LogP) is 3.88. The summed E-state index contributed by atoms with van der Waals surface area (Å²) in [4.78, 5) is 45.2. The Kier molecular flexibility index (Phi) is 6.60. The summed E-state index contributed by atoms with van der Waals surface area (Å²) >= 11 is 1.38. The number of amides is 3. The van der Waals surface area contributed by atoms with Crippen molar-refractivity contribution in [1.82, 2.24) is 14.8 Å². The molecule has 3 amide bonds. The number of rotatable bonds is 6. The molecule has 0 saturated carbocycles. The van der Waals surface area contributed by atoms with E-state index < -0.39 is 0 Å². The molecular weight excluding hydrogens is 462 g/mol. The van der Waals surface area contributed by atoms with Crippen molar-refractivity contribution >= 4 is 51.3 Å². The van der Waals surface area contributed by atoms with Gasteiger partial charge in [0.2, 0.25) is 5.91 Å². The first-order valence-electron chi connectivity index (χ1n) is 11.4. The molecule has 5 rings (SSSR count). The van der Waals surface area contributed by atoms with Crippen molar-refractivity contribution in [3.05, 3.63) is 82.7 Å². The number of thiophene rings is 1. The Bertz CT molecular complexity index is 1310. The number of hydrogen-bond donors (Lipinski definition) is 3. The fourth-order valence-electron chi connectivity index (χ4n) is 4.11. The average molecular weight is 488 g/mol. The summed E-state index contributed by atoms with van der Waals surface area (Å²) in [5.41, 5.74) is 2.87. The molecule has 2 aromatic heterocycles. The van der Waals surface area contributed by atoms with Gasteiger partial charge in [0.25, 0.3) is 11.8 Å². The first kappa shape index (κ1) is 22.8. The van der Waals surface area contributed by atoms with Crippen molar-refractivity contribution in [2.24, 2.45) is 0 Å². The Morgan fingerprint density at radius 1 is 0.857 bits per heavy atom. The van der Waals surface area contributed by atoms with Crippen molar-refractivity contribution in [2.45, 2.75) is 0 Å². The van der Waals surface area contributed by atoms with Crippen LogP contribution in [0.2, 0.25) is 0 Å². The highest BCUT2D eigenvalue weighted by Crippen LogP contribution is 2.18. The number of nitrogens with zero attached hydrogens (tertiary/aromatic N) is 2. The van der Waals surface area contributed by atoms with Gasteiger partial charge in [-0.15, -0.1) is 11.3 Å². The lowest BCUT2D eigenvalue weighted by Gasteiger charge is -2.34. The molecule has 0 spiro atoms. The number of anilines is 2. The molecule has 1 aliphatic heterocycles. The number of H-pyrrole nitrogens is 1. The monoisotopic (exact) mass is 487 g/mol. The van der Waals surface area contributed by atoms with E-state index in [4.69, 9.17) is 0 Å². The molecule has 0 unspecified atom stereocenters. The minimum absolute atomic E-state index is 0.0171. The molecule has 4 aromatic rings. The fourth-order valence-corrected chi connectivity index (χ4v) is 4.73. The van der Waals surface area contributed by atoms with E-state index in [2.05, 4.69) is 15.6 Å². The van der Waals surface area contributed by atoms with Crippen LogP contribution in [0.4, 0.5) is 11.4 Å². The van der Waals surface area contributed by atoms with Gasteiger partial charge >= 0.3 is 0 Å². The summed E-state index contributed by atoms with van der Waals surface area (Å²) in [6.45, 7) is 2.66. The third-order valence-corrected chi connectivity index (χ3v) is 6.83. The fraction of sp³-hybridized carbons (Fsp3) is 0.192. The third kappa shape index (κ3) is 5.42. The van der Waals surface area contributed by atoms with Crippen molar-refractivity contribution in [3.63, 3.8) is 0 Å². The van der Waals surface area contributed by atoms with Crippen molar-refractivity contribution in [3.8, 4) is 0 Å². The minimum Gasteiger partial charge on any atom is -0.351 e. The van der Waals surface area contributed by atoms with Gasteiger partial charge in [0.05, 0.1) is 11.4 Å². The van der Waals surface area contributed by atoms with Gasteiger partial charge in [0.1, 0.15) is 5.69 Å². The van der Waals surface area contributed by atoms with E-state index in [0.29, 0.717) is 48.1 Å². The van der Waals surface area contributed by atoms with E-state index in [1.54, 1.807) is 30.3 Å². The lowest BCUT2D eigenvalue weighted by molar-refractivity contribution is -0.117. The number of piperazine rings is 1. The number of aromatic nitrogens is 1. The summed E-state index contributed by atoms with van der Waals surface area (Å²) < 4.78 is 0. The quantitative estimate of drug-likeness (QED) is 0.385. The molecule has 1 saturated heterocycles. The van der Waals surface area contributed by atoms with Crippen molar-refractivity contribution in [2.75, 3.05) is 43.4 Å². The number of aromatic amines is 1. The Morgan fingerprint density at radius 2 is 1.57 bits per heavy atom. The summed E-state index contributed by atoms with van der Waals surface area (Å²) in [6, 6.07) is 20.4. The zero-order valence-corrected chi connectivity index (χ0v) is 19.8. The van der Waals surface area contributed by atoms with E-state index >= 15 is 0 Å². The van der Waals surface area contributed by atoms with Gasteiger partial charge in [0, 0.05) is 48.5 Å². The molecule has 1 aliphatic rings. The summed E-state index contributed by atoms with van der Waals surface area (Å²) in [7, 11) is 0. The molecule has 0 radical (unpaired) electrons. The summed E-state index contributed by atoms with van der Waals surface area (Å²) in [5, 5.41) is 8.61. The zero-order chi connectivity index (χ0) is 24.2. The van der Waals surface area contributed by atoms with E-state index in [1.807, 2.05) is 51.6 Å². The number of benzene rings is 2. The Morgan fingerprint density at radius 3 is 2.26 bits per heavy atom. The second-order valence-corrected chi connectivity index (χ2v) is 9.34. The minimum atomic E-state index is -0.154. The van der Waals surface area contributed by atoms with Crippen LogP contribution in [-0.2, 0) is 4.79 Å². The van der Waals surface area contributed by atoms with Crippen LogP contribution in [0, 0.1) is 0 Å². The van der Waals surface area contributed by atoms with E-state index in [-0.39, 0.29) is 24.3 Å². The Hall–Kier alpha value is -3.95. The molecule has 0 atom stereocenters. The van der Waals surface area contributed by atoms with Crippen LogP contribution in [0.25, 0.3) is 10.9 Å². The molecule has 3 N–H and O–H groups in total. The highest BCUT2D eigenvalue weighted by Gasteiger charge is 2.24. The highest BCUT2D eigenvalue weighted by molar-refractivity contribution is 7.12. The molecule has 1 fully saturated rings. The lowest BCUT2D eigenvalue weighted by atomic mass is 10.2. The molecule has 8 nitrogen and oxygen atoms in total. The van der Waals surface area contributed by atoms with Crippen LogP contribution in [0.15, 0.2) is 72.1 Å². The maximum absolute atomic E-state index is 12.9. The molecule has 35 heavy (non-hydrogen) atoms. The smallest absolute Gasteiger partial charge is 0.270 e. The van der Waals surface area contributed by atoms with Gasteiger partial charge in [-0.1, -0.05) is 24.3 Å². The van der Waals surface area contributed by atoms with Crippen LogP contribution >= 0.6 is 11.3 Å². The number of carbonyl (C=O) groups is 3. The van der Waals surface area contributed by atoms with E-state index in [9.17, 15) is 14.4 Å². The molecule has 9 heteroatoms. The van der Waals surface area contributed by atoms with Gasteiger partial charge in [-0.2, -0.15) is 0 Å². The molecule has 3 heterocycles. The van der Waals surface area contributed by atoms with Gasteiger partial charge in [-0.05, 0) is 47.8 Å². The van der Waals surface area contributed by atoms with Gasteiger partial charge in [0.15, 0.2) is 0 Å². The van der Waals surface area contributed by atoms with Crippen molar-refractivity contribution < 1.29 is 14.4 Å². The van der Waals surface area contributed by atoms with Crippen molar-refractivity contribution in [1.29, 1.82) is 0 Å². The average Bonchev–Trinajstić information content (AvgIpc) is 3.56.